The van der Waals surface area contributed by atoms with Gasteiger partial charge in [-0.1, -0.05) is 23.2 Å². The molecule has 0 amide bonds. The summed E-state index contributed by atoms with van der Waals surface area (Å²) in [6.07, 6.45) is 1.58. The molecule has 17 heavy (non-hydrogen) atoms. The Hall–Kier alpha value is -1.52. The number of hydrogen-bond donors (Lipinski definition) is 1. The van der Waals surface area contributed by atoms with Crippen molar-refractivity contribution in [3.8, 4) is 11.6 Å². The largest absolute Gasteiger partial charge is 0.437 e. The standard InChI is InChI=1S/C11H9Cl2N3O/c1-6-5-15-11(14)16-10(6)17-9-4-7(12)2-3-8(9)13/h2-5H,1H3,(H2,14,15,16). The lowest BCUT2D eigenvalue weighted by molar-refractivity contribution is 0.458. The zero-order valence-electron chi connectivity index (χ0n) is 8.95. The van der Waals surface area contributed by atoms with Crippen LogP contribution in [0, 0.1) is 6.92 Å². The Labute approximate surface area is 108 Å². The molecule has 0 aliphatic carbocycles. The summed E-state index contributed by atoms with van der Waals surface area (Å²) in [5.74, 6) is 0.936. The number of aryl methyl sites for hydroxylation is 1. The molecular weight excluding hydrogens is 261 g/mol. The van der Waals surface area contributed by atoms with E-state index >= 15 is 0 Å². The molecule has 1 heterocycles. The number of ether oxygens (including phenoxy) is 1. The minimum atomic E-state index is 0.142. The Bertz CT molecular complexity index is 511. The van der Waals surface area contributed by atoms with Gasteiger partial charge < -0.3 is 10.5 Å². The zero-order chi connectivity index (χ0) is 12.4. The van der Waals surface area contributed by atoms with E-state index < -0.39 is 0 Å². The number of aromatic nitrogens is 2. The number of nitrogens with zero attached hydrogens (tertiary/aromatic N) is 2. The summed E-state index contributed by atoms with van der Waals surface area (Å²) in [4.78, 5) is 7.83. The molecule has 1 aromatic carbocycles. The summed E-state index contributed by atoms with van der Waals surface area (Å²) in [5, 5.41) is 0.982. The molecule has 2 rings (SSSR count). The quantitative estimate of drug-likeness (QED) is 0.907. The summed E-state index contributed by atoms with van der Waals surface area (Å²) in [6.45, 7) is 1.81. The maximum Gasteiger partial charge on any atom is 0.227 e. The fourth-order valence-corrected chi connectivity index (χ4v) is 1.52. The highest BCUT2D eigenvalue weighted by Crippen LogP contribution is 2.32. The molecule has 0 aliphatic rings. The third kappa shape index (κ3) is 2.78. The molecule has 88 valence electrons. The molecule has 0 fully saturated rings. The van der Waals surface area contributed by atoms with Crippen molar-refractivity contribution >= 4 is 29.2 Å². The van der Waals surface area contributed by atoms with E-state index in [9.17, 15) is 0 Å². The van der Waals surface area contributed by atoms with Crippen LogP contribution in [-0.4, -0.2) is 9.97 Å². The van der Waals surface area contributed by atoms with Crippen molar-refractivity contribution in [3.63, 3.8) is 0 Å². The third-order valence-corrected chi connectivity index (χ3v) is 2.59. The molecule has 4 nitrogen and oxygen atoms in total. The minimum Gasteiger partial charge on any atom is -0.437 e. The smallest absolute Gasteiger partial charge is 0.227 e. The Morgan fingerprint density at radius 1 is 1.29 bits per heavy atom. The molecule has 0 bridgehead atoms. The average Bonchev–Trinajstić information content (AvgIpc) is 2.28. The molecule has 0 radical (unpaired) electrons. The number of benzene rings is 1. The first-order chi connectivity index (χ1) is 8.06. The first kappa shape index (κ1) is 12.0. The summed E-state index contributed by atoms with van der Waals surface area (Å²) in [5.41, 5.74) is 6.25. The Morgan fingerprint density at radius 3 is 2.82 bits per heavy atom. The van der Waals surface area contributed by atoms with Crippen molar-refractivity contribution in [2.75, 3.05) is 5.73 Å². The van der Waals surface area contributed by atoms with Gasteiger partial charge in [0.25, 0.3) is 0 Å². The first-order valence-electron chi connectivity index (χ1n) is 4.78. The predicted molar refractivity (Wildman–Crippen MR) is 67.7 cm³/mol. The van der Waals surface area contributed by atoms with Gasteiger partial charge in [-0.2, -0.15) is 4.98 Å². The monoisotopic (exact) mass is 269 g/mol. The van der Waals surface area contributed by atoms with Gasteiger partial charge in [0.2, 0.25) is 11.8 Å². The maximum atomic E-state index is 5.98. The maximum absolute atomic E-state index is 5.98. The van der Waals surface area contributed by atoms with E-state index in [-0.39, 0.29) is 5.95 Å². The van der Waals surface area contributed by atoms with Crippen LogP contribution in [0.4, 0.5) is 5.95 Å². The van der Waals surface area contributed by atoms with Crippen LogP contribution in [-0.2, 0) is 0 Å². The molecule has 0 unspecified atom stereocenters. The van der Waals surface area contributed by atoms with Gasteiger partial charge in [0.05, 0.1) is 5.02 Å². The van der Waals surface area contributed by atoms with E-state index in [0.717, 1.165) is 5.56 Å². The van der Waals surface area contributed by atoms with Crippen LogP contribution in [0.15, 0.2) is 24.4 Å². The molecule has 0 saturated heterocycles. The van der Waals surface area contributed by atoms with Crippen LogP contribution < -0.4 is 10.5 Å². The van der Waals surface area contributed by atoms with E-state index in [1.165, 1.54) is 0 Å². The number of nitrogens with two attached hydrogens (primary N) is 1. The van der Waals surface area contributed by atoms with Gasteiger partial charge in [-0.3, -0.25) is 0 Å². The third-order valence-electron chi connectivity index (χ3n) is 2.04. The van der Waals surface area contributed by atoms with Crippen molar-refractivity contribution in [1.82, 2.24) is 9.97 Å². The number of halogens is 2. The van der Waals surface area contributed by atoms with E-state index in [1.807, 2.05) is 6.92 Å². The lowest BCUT2D eigenvalue weighted by Gasteiger charge is -2.09. The summed E-state index contributed by atoms with van der Waals surface area (Å²) in [7, 11) is 0. The van der Waals surface area contributed by atoms with E-state index in [0.29, 0.717) is 21.7 Å². The van der Waals surface area contributed by atoms with Crippen LogP contribution in [0.5, 0.6) is 11.6 Å². The van der Waals surface area contributed by atoms with Crippen LogP contribution in [0.1, 0.15) is 5.56 Å². The number of nitrogen functional groups attached to an aromatic ring is 1. The highest BCUT2D eigenvalue weighted by molar-refractivity contribution is 6.34. The van der Waals surface area contributed by atoms with E-state index in [1.54, 1.807) is 24.4 Å². The molecule has 0 spiro atoms. The van der Waals surface area contributed by atoms with Crippen LogP contribution in [0.3, 0.4) is 0 Å². The second-order valence-electron chi connectivity index (χ2n) is 3.39. The van der Waals surface area contributed by atoms with Gasteiger partial charge >= 0.3 is 0 Å². The van der Waals surface area contributed by atoms with Gasteiger partial charge in [-0.05, 0) is 19.1 Å². The normalized spacial score (nSPS) is 10.3. The molecule has 0 saturated carbocycles. The fourth-order valence-electron chi connectivity index (χ4n) is 1.20. The average molecular weight is 270 g/mol. The van der Waals surface area contributed by atoms with Gasteiger partial charge in [0, 0.05) is 22.8 Å². The highest BCUT2D eigenvalue weighted by Gasteiger charge is 2.08. The number of rotatable bonds is 2. The minimum absolute atomic E-state index is 0.142. The highest BCUT2D eigenvalue weighted by atomic mass is 35.5. The molecule has 0 atom stereocenters. The van der Waals surface area contributed by atoms with Gasteiger partial charge in [0.1, 0.15) is 5.75 Å². The number of anilines is 1. The van der Waals surface area contributed by atoms with Crippen molar-refractivity contribution in [3.05, 3.63) is 40.0 Å². The second kappa shape index (κ2) is 4.77. The van der Waals surface area contributed by atoms with Crippen molar-refractivity contribution < 1.29 is 4.74 Å². The Morgan fingerprint density at radius 2 is 2.06 bits per heavy atom. The summed E-state index contributed by atoms with van der Waals surface area (Å²) in [6, 6.07) is 4.94. The molecular formula is C11H9Cl2N3O. The number of hydrogen-bond acceptors (Lipinski definition) is 4. The van der Waals surface area contributed by atoms with Gasteiger partial charge in [-0.25, -0.2) is 4.98 Å². The van der Waals surface area contributed by atoms with Crippen LogP contribution in [0.2, 0.25) is 10.0 Å². The van der Waals surface area contributed by atoms with Crippen LogP contribution >= 0.6 is 23.2 Å². The molecule has 6 heteroatoms. The first-order valence-corrected chi connectivity index (χ1v) is 5.54. The summed E-state index contributed by atoms with van der Waals surface area (Å²) >= 11 is 11.8. The van der Waals surface area contributed by atoms with Gasteiger partial charge in [-0.15, -0.1) is 0 Å². The lowest BCUT2D eigenvalue weighted by Crippen LogP contribution is -1.99. The SMILES string of the molecule is Cc1cnc(N)nc1Oc1cc(Cl)ccc1Cl. The predicted octanol–water partition coefficient (Wildman–Crippen LogP) is 3.47. The van der Waals surface area contributed by atoms with E-state index in [4.69, 9.17) is 33.7 Å². The van der Waals surface area contributed by atoms with Gasteiger partial charge in [0.15, 0.2) is 0 Å². The fraction of sp³-hybridized carbons (Fsp3) is 0.0909. The topological polar surface area (TPSA) is 61.0 Å². The second-order valence-corrected chi connectivity index (χ2v) is 4.24. The Balaban J connectivity index is 2.37. The van der Waals surface area contributed by atoms with E-state index in [2.05, 4.69) is 9.97 Å². The molecule has 2 N–H and O–H groups in total. The Kier molecular flexibility index (Phi) is 3.36. The van der Waals surface area contributed by atoms with Crippen molar-refractivity contribution in [2.45, 2.75) is 6.92 Å². The van der Waals surface area contributed by atoms with Crippen molar-refractivity contribution in [2.24, 2.45) is 0 Å². The molecule has 0 aliphatic heterocycles. The molecule has 2 aromatic rings. The zero-order valence-corrected chi connectivity index (χ0v) is 10.5. The molecule has 1 aromatic heterocycles. The van der Waals surface area contributed by atoms with Crippen LogP contribution in [0.25, 0.3) is 0 Å². The van der Waals surface area contributed by atoms with Crippen molar-refractivity contribution in [1.29, 1.82) is 0 Å². The summed E-state index contributed by atoms with van der Waals surface area (Å²) < 4.78 is 5.55. The lowest BCUT2D eigenvalue weighted by atomic mass is 10.3.